The molecule has 1 aromatic rings. The molecule has 0 saturated heterocycles. The Hall–Kier alpha value is -3.21. The molecule has 0 heterocycles. The highest BCUT2D eigenvalue weighted by Crippen LogP contribution is 2.35. The van der Waals surface area contributed by atoms with Crippen LogP contribution in [-0.2, 0) is 24.5 Å². The van der Waals surface area contributed by atoms with Gasteiger partial charge in [-0.3, -0.25) is 9.59 Å². The summed E-state index contributed by atoms with van der Waals surface area (Å²) in [7, 11) is 1.15. The van der Waals surface area contributed by atoms with Gasteiger partial charge in [0.1, 0.15) is 11.5 Å². The second-order valence-electron chi connectivity index (χ2n) is 7.17. The first kappa shape index (κ1) is 22.8. The molecule has 1 aromatic carbocycles. The van der Waals surface area contributed by atoms with Crippen molar-refractivity contribution >= 4 is 23.6 Å². The minimum Gasteiger partial charge on any atom is -0.468 e. The minimum atomic E-state index is -1.86. The number of esters is 1. The van der Waals surface area contributed by atoms with Gasteiger partial charge < -0.3 is 9.47 Å². The summed E-state index contributed by atoms with van der Waals surface area (Å²) in [6.45, 7) is 7.71. The molecule has 1 rings (SSSR count). The number of hydrogen-bond donors (Lipinski definition) is 1. The number of hydrogen-bond acceptors (Lipinski definition) is 7. The van der Waals surface area contributed by atoms with Crippen molar-refractivity contribution in [2.24, 2.45) is 11.0 Å². The largest absolute Gasteiger partial charge is 0.468 e. The topological polar surface area (TPSA) is 118 Å². The molecule has 0 aromatic heterocycles. The average Bonchev–Trinajstić information content (AvgIpc) is 2.62. The highest BCUT2D eigenvalue weighted by Gasteiger charge is 2.51. The van der Waals surface area contributed by atoms with E-state index in [-0.39, 0.29) is 5.71 Å². The number of carbonyl (C=O) groups is 3. The normalized spacial score (nSPS) is 14.8. The fourth-order valence-corrected chi connectivity index (χ4v) is 2.76. The molecule has 0 aliphatic heterocycles. The first-order valence-electron chi connectivity index (χ1n) is 8.58. The van der Waals surface area contributed by atoms with E-state index in [0.29, 0.717) is 5.56 Å². The van der Waals surface area contributed by atoms with Crippen LogP contribution in [0.25, 0.3) is 0 Å². The smallest absolute Gasteiger partial charge is 0.428 e. The van der Waals surface area contributed by atoms with E-state index in [4.69, 9.17) is 9.47 Å². The summed E-state index contributed by atoms with van der Waals surface area (Å²) in [5, 5.41) is 13.8. The van der Waals surface area contributed by atoms with Crippen molar-refractivity contribution in [3.63, 3.8) is 0 Å². The molecule has 0 radical (unpaired) electrons. The van der Waals surface area contributed by atoms with E-state index >= 15 is 0 Å². The van der Waals surface area contributed by atoms with Gasteiger partial charge in [-0.1, -0.05) is 30.3 Å². The Balaban J connectivity index is 3.44. The molecule has 1 N–H and O–H groups in total. The van der Waals surface area contributed by atoms with Crippen LogP contribution in [0.3, 0.4) is 0 Å². The lowest BCUT2D eigenvalue weighted by molar-refractivity contribution is -0.146. The van der Waals surface area contributed by atoms with Crippen molar-refractivity contribution in [2.45, 2.75) is 45.6 Å². The van der Waals surface area contributed by atoms with Gasteiger partial charge in [-0.2, -0.15) is 10.4 Å². The second kappa shape index (κ2) is 9.13. The predicted octanol–water partition coefficient (Wildman–Crippen LogP) is 2.73. The lowest BCUT2D eigenvalue weighted by Gasteiger charge is -2.31. The van der Waals surface area contributed by atoms with Crippen LogP contribution in [0.15, 0.2) is 35.4 Å². The number of nitrogens with zero attached hydrogens (tertiary/aromatic N) is 2. The fourth-order valence-electron chi connectivity index (χ4n) is 2.76. The van der Waals surface area contributed by atoms with Gasteiger partial charge in [-0.25, -0.2) is 10.2 Å². The van der Waals surface area contributed by atoms with Crippen LogP contribution < -0.4 is 5.43 Å². The van der Waals surface area contributed by atoms with E-state index < -0.39 is 34.8 Å². The Morgan fingerprint density at radius 1 is 1.14 bits per heavy atom. The summed E-state index contributed by atoms with van der Waals surface area (Å²) >= 11 is 0. The molecular formula is C20H25N3O5. The van der Waals surface area contributed by atoms with Crippen molar-refractivity contribution < 1.29 is 23.9 Å². The van der Waals surface area contributed by atoms with Crippen molar-refractivity contribution in [1.82, 2.24) is 5.43 Å². The number of amides is 1. The lowest BCUT2D eigenvalue weighted by atomic mass is 9.67. The number of nitrogens with one attached hydrogen (secondary N) is 1. The summed E-state index contributed by atoms with van der Waals surface area (Å²) in [5.41, 5.74) is -0.0689. The number of nitriles is 1. The zero-order valence-electron chi connectivity index (χ0n) is 16.9. The zero-order valence-corrected chi connectivity index (χ0v) is 16.9. The van der Waals surface area contributed by atoms with Crippen LogP contribution in [0, 0.1) is 17.2 Å². The van der Waals surface area contributed by atoms with E-state index in [1.54, 1.807) is 51.1 Å². The Morgan fingerprint density at radius 3 is 2.14 bits per heavy atom. The molecule has 0 spiro atoms. The third kappa shape index (κ3) is 5.16. The summed E-state index contributed by atoms with van der Waals surface area (Å²) < 4.78 is 9.93. The van der Waals surface area contributed by atoms with E-state index in [0.717, 1.165) is 7.11 Å². The van der Waals surface area contributed by atoms with Gasteiger partial charge in [0.15, 0.2) is 11.2 Å². The van der Waals surface area contributed by atoms with Crippen LogP contribution >= 0.6 is 0 Å². The number of rotatable bonds is 6. The third-order valence-corrected chi connectivity index (χ3v) is 3.97. The number of carbonyl (C=O) groups excluding carboxylic acids is 3. The van der Waals surface area contributed by atoms with Crippen LogP contribution in [0.5, 0.6) is 0 Å². The summed E-state index contributed by atoms with van der Waals surface area (Å²) in [5.74, 6) is -2.74. The Labute approximate surface area is 164 Å². The fraction of sp³-hybridized carbons (Fsp3) is 0.450. The predicted molar refractivity (Wildman–Crippen MR) is 102 cm³/mol. The molecule has 8 heteroatoms. The third-order valence-electron chi connectivity index (χ3n) is 3.97. The lowest BCUT2D eigenvalue weighted by Crippen LogP contribution is -2.49. The van der Waals surface area contributed by atoms with Crippen LogP contribution in [0.2, 0.25) is 0 Å². The standard InChI is InChI=1S/C20H25N3O5/c1-13(22-23-18(26)28-19(3,4)5)16(17(25)27-6)20(12-21,14(2)24)15-10-8-7-9-11-15/h7-11,16H,1-6H3,(H,23,26)/b22-13+. The number of ketones is 1. The Kier molecular flexibility index (Phi) is 7.44. The van der Waals surface area contributed by atoms with Gasteiger partial charge in [0.25, 0.3) is 0 Å². The molecule has 8 nitrogen and oxygen atoms in total. The van der Waals surface area contributed by atoms with Gasteiger partial charge in [0, 0.05) is 0 Å². The molecule has 150 valence electrons. The minimum absolute atomic E-state index is 0.0262. The molecule has 28 heavy (non-hydrogen) atoms. The maximum absolute atomic E-state index is 12.6. The highest BCUT2D eigenvalue weighted by molar-refractivity contribution is 6.10. The maximum atomic E-state index is 12.6. The van der Waals surface area contributed by atoms with E-state index in [1.165, 1.54) is 13.8 Å². The second-order valence-corrected chi connectivity index (χ2v) is 7.17. The van der Waals surface area contributed by atoms with Crippen molar-refractivity contribution in [2.75, 3.05) is 7.11 Å². The summed E-state index contributed by atoms with van der Waals surface area (Å²) in [4.78, 5) is 37.0. The summed E-state index contributed by atoms with van der Waals surface area (Å²) in [6, 6.07) is 10.2. The molecule has 2 atom stereocenters. The SMILES string of the molecule is COC(=O)C(/C(C)=N/NC(=O)OC(C)(C)C)C(C#N)(C(C)=O)c1ccccc1. The molecule has 0 aliphatic rings. The first-order valence-corrected chi connectivity index (χ1v) is 8.58. The maximum Gasteiger partial charge on any atom is 0.428 e. The van der Waals surface area contributed by atoms with Gasteiger partial charge in [-0.05, 0) is 40.2 Å². The quantitative estimate of drug-likeness (QED) is 0.455. The molecule has 0 fully saturated rings. The average molecular weight is 387 g/mol. The Morgan fingerprint density at radius 2 is 1.71 bits per heavy atom. The van der Waals surface area contributed by atoms with E-state index in [9.17, 15) is 19.6 Å². The van der Waals surface area contributed by atoms with Crippen molar-refractivity contribution in [1.29, 1.82) is 5.26 Å². The first-order chi connectivity index (χ1) is 13.0. The van der Waals surface area contributed by atoms with E-state index in [2.05, 4.69) is 10.5 Å². The Bertz CT molecular complexity index is 805. The van der Waals surface area contributed by atoms with Crippen molar-refractivity contribution in [3.05, 3.63) is 35.9 Å². The number of ether oxygens (including phenoxy) is 2. The van der Waals surface area contributed by atoms with Gasteiger partial charge >= 0.3 is 12.1 Å². The van der Waals surface area contributed by atoms with Gasteiger partial charge in [0.05, 0.1) is 18.9 Å². The monoisotopic (exact) mass is 387 g/mol. The van der Waals surface area contributed by atoms with Crippen LogP contribution in [0.4, 0.5) is 4.79 Å². The van der Waals surface area contributed by atoms with E-state index in [1.807, 2.05) is 6.07 Å². The van der Waals surface area contributed by atoms with Crippen LogP contribution in [0.1, 0.15) is 40.2 Å². The number of hydrazone groups is 1. The summed E-state index contributed by atoms with van der Waals surface area (Å²) in [6.07, 6.45) is -0.833. The number of benzene rings is 1. The molecular weight excluding hydrogens is 362 g/mol. The van der Waals surface area contributed by atoms with Gasteiger partial charge in [-0.15, -0.1) is 0 Å². The molecule has 2 unspecified atom stereocenters. The molecule has 0 aliphatic carbocycles. The number of Topliss-reactive ketones (excluding diaryl/α,β-unsaturated/α-hetero) is 1. The van der Waals surface area contributed by atoms with Crippen LogP contribution in [-0.4, -0.2) is 36.3 Å². The molecule has 0 saturated carbocycles. The zero-order chi connectivity index (χ0) is 21.5. The van der Waals surface area contributed by atoms with Gasteiger partial charge in [0.2, 0.25) is 0 Å². The molecule has 0 bridgehead atoms. The van der Waals surface area contributed by atoms with Crippen molar-refractivity contribution in [3.8, 4) is 6.07 Å². The highest BCUT2D eigenvalue weighted by atomic mass is 16.6. The number of methoxy groups -OCH3 is 1. The molecule has 1 amide bonds.